The molecule has 1 aromatic heterocycles. The summed E-state index contributed by atoms with van der Waals surface area (Å²) in [6.07, 6.45) is 2.00. The van der Waals surface area contributed by atoms with Crippen LogP contribution in [0, 0.1) is 6.92 Å². The van der Waals surface area contributed by atoms with Crippen LogP contribution in [-0.2, 0) is 16.6 Å². The summed E-state index contributed by atoms with van der Waals surface area (Å²) in [6, 6.07) is 18.2. The van der Waals surface area contributed by atoms with Gasteiger partial charge in [-0.25, -0.2) is 8.42 Å². The van der Waals surface area contributed by atoms with Crippen molar-refractivity contribution in [3.05, 3.63) is 83.7 Å². The molecule has 4 rings (SSSR count). The van der Waals surface area contributed by atoms with Crippen LogP contribution in [0.1, 0.15) is 22.9 Å². The standard InChI is InChI=1S/C21H22N2O3S/c1-16-5-11-19(12-6-16)27(24,25)23-15-14-22-13-3-4-20(22)21(23)17-7-9-18(26-2)10-8-17/h3-13,21H,14-15H2,1-2H3. The molecule has 0 amide bonds. The molecule has 140 valence electrons. The zero-order valence-electron chi connectivity index (χ0n) is 15.4. The molecule has 0 bridgehead atoms. The van der Waals surface area contributed by atoms with Crippen molar-refractivity contribution in [2.24, 2.45) is 0 Å². The lowest BCUT2D eigenvalue weighted by atomic mass is 10.0. The molecule has 0 saturated carbocycles. The third kappa shape index (κ3) is 3.15. The summed E-state index contributed by atoms with van der Waals surface area (Å²) in [4.78, 5) is 0.326. The quantitative estimate of drug-likeness (QED) is 0.693. The third-order valence-corrected chi connectivity index (χ3v) is 6.93. The van der Waals surface area contributed by atoms with Crippen LogP contribution >= 0.6 is 0 Å². The molecule has 0 radical (unpaired) electrons. The highest BCUT2D eigenvalue weighted by molar-refractivity contribution is 7.89. The molecule has 6 heteroatoms. The summed E-state index contributed by atoms with van der Waals surface area (Å²) in [5.74, 6) is 0.748. The molecule has 3 aromatic rings. The fourth-order valence-electron chi connectivity index (χ4n) is 3.59. The van der Waals surface area contributed by atoms with Gasteiger partial charge in [0, 0.05) is 25.0 Å². The molecule has 1 aliphatic heterocycles. The number of hydrogen-bond donors (Lipinski definition) is 0. The van der Waals surface area contributed by atoms with Gasteiger partial charge >= 0.3 is 0 Å². The number of nitrogens with zero attached hydrogens (tertiary/aromatic N) is 2. The number of fused-ring (bicyclic) bond motifs is 1. The highest BCUT2D eigenvalue weighted by Crippen LogP contribution is 2.37. The second kappa shape index (κ2) is 6.87. The largest absolute Gasteiger partial charge is 0.497 e. The lowest BCUT2D eigenvalue weighted by Gasteiger charge is -2.36. The smallest absolute Gasteiger partial charge is 0.244 e. The number of methoxy groups -OCH3 is 1. The maximum Gasteiger partial charge on any atom is 0.244 e. The van der Waals surface area contributed by atoms with Crippen LogP contribution in [0.4, 0.5) is 0 Å². The highest BCUT2D eigenvalue weighted by Gasteiger charge is 2.37. The Balaban J connectivity index is 1.81. The Labute approximate surface area is 159 Å². The molecule has 0 saturated heterocycles. The van der Waals surface area contributed by atoms with Crippen LogP contribution in [0.25, 0.3) is 0 Å². The van der Waals surface area contributed by atoms with E-state index in [4.69, 9.17) is 4.74 Å². The molecule has 1 unspecified atom stereocenters. The predicted octanol–water partition coefficient (Wildman–Crippen LogP) is 3.60. The Bertz CT molecular complexity index is 1040. The molecular weight excluding hydrogens is 360 g/mol. The van der Waals surface area contributed by atoms with E-state index in [0.717, 1.165) is 22.6 Å². The van der Waals surface area contributed by atoms with Gasteiger partial charge in [-0.1, -0.05) is 29.8 Å². The van der Waals surface area contributed by atoms with Gasteiger partial charge in [-0.3, -0.25) is 0 Å². The van der Waals surface area contributed by atoms with Gasteiger partial charge in [0.15, 0.2) is 0 Å². The van der Waals surface area contributed by atoms with Gasteiger partial charge in [0.1, 0.15) is 5.75 Å². The molecule has 5 nitrogen and oxygen atoms in total. The molecular formula is C21H22N2O3S. The average molecular weight is 382 g/mol. The molecule has 0 fully saturated rings. The van der Waals surface area contributed by atoms with Crippen LogP contribution in [0.2, 0.25) is 0 Å². The van der Waals surface area contributed by atoms with E-state index in [-0.39, 0.29) is 6.04 Å². The maximum atomic E-state index is 13.4. The zero-order valence-corrected chi connectivity index (χ0v) is 16.2. The van der Waals surface area contributed by atoms with Crippen molar-refractivity contribution in [1.29, 1.82) is 0 Å². The van der Waals surface area contributed by atoms with Crippen LogP contribution in [0.3, 0.4) is 0 Å². The van der Waals surface area contributed by atoms with Crippen molar-refractivity contribution in [1.82, 2.24) is 8.87 Å². The number of benzene rings is 2. The van der Waals surface area contributed by atoms with Gasteiger partial charge in [-0.05, 0) is 48.9 Å². The van der Waals surface area contributed by atoms with Crippen molar-refractivity contribution in [2.75, 3.05) is 13.7 Å². The van der Waals surface area contributed by atoms with E-state index < -0.39 is 10.0 Å². The van der Waals surface area contributed by atoms with E-state index in [2.05, 4.69) is 4.57 Å². The molecule has 1 atom stereocenters. The molecule has 0 aliphatic carbocycles. The normalized spacial score (nSPS) is 17.5. The number of hydrogen-bond acceptors (Lipinski definition) is 3. The highest BCUT2D eigenvalue weighted by atomic mass is 32.2. The number of ether oxygens (including phenoxy) is 1. The molecule has 2 aromatic carbocycles. The third-order valence-electron chi connectivity index (χ3n) is 5.05. The Morgan fingerprint density at radius 3 is 2.33 bits per heavy atom. The molecule has 2 heterocycles. The van der Waals surface area contributed by atoms with E-state index >= 15 is 0 Å². The van der Waals surface area contributed by atoms with Gasteiger partial charge in [0.05, 0.1) is 18.0 Å². The van der Waals surface area contributed by atoms with Gasteiger partial charge < -0.3 is 9.30 Å². The second-order valence-corrected chi connectivity index (χ2v) is 8.62. The average Bonchev–Trinajstić information content (AvgIpc) is 3.16. The lowest BCUT2D eigenvalue weighted by Crippen LogP contribution is -2.42. The van der Waals surface area contributed by atoms with Crippen LogP contribution in [0.15, 0.2) is 71.8 Å². The first-order valence-corrected chi connectivity index (χ1v) is 10.3. The zero-order chi connectivity index (χ0) is 19.0. The van der Waals surface area contributed by atoms with Gasteiger partial charge in [0.25, 0.3) is 0 Å². The summed E-state index contributed by atoms with van der Waals surface area (Å²) < 4.78 is 35.8. The van der Waals surface area contributed by atoms with E-state index in [1.54, 1.807) is 23.5 Å². The first kappa shape index (κ1) is 17.8. The van der Waals surface area contributed by atoms with Crippen molar-refractivity contribution in [2.45, 2.75) is 24.4 Å². The Hall–Kier alpha value is -2.57. The molecule has 0 N–H and O–H groups in total. The Kier molecular flexibility index (Phi) is 4.53. The van der Waals surface area contributed by atoms with Gasteiger partial charge in [0.2, 0.25) is 10.0 Å². The summed E-state index contributed by atoms with van der Waals surface area (Å²) in [5, 5.41) is 0. The minimum absolute atomic E-state index is 0.326. The first-order valence-electron chi connectivity index (χ1n) is 8.88. The molecule has 1 aliphatic rings. The SMILES string of the molecule is COc1ccc(C2c3cccn3CCN2S(=O)(=O)c2ccc(C)cc2)cc1. The molecule has 27 heavy (non-hydrogen) atoms. The molecule has 0 spiro atoms. The summed E-state index contributed by atoms with van der Waals surface area (Å²) in [7, 11) is -2.00. The van der Waals surface area contributed by atoms with Crippen LogP contribution < -0.4 is 4.74 Å². The predicted molar refractivity (Wildman–Crippen MR) is 104 cm³/mol. The van der Waals surface area contributed by atoms with Gasteiger partial charge in [-0.15, -0.1) is 0 Å². The van der Waals surface area contributed by atoms with E-state index in [9.17, 15) is 8.42 Å². The van der Waals surface area contributed by atoms with Crippen molar-refractivity contribution in [3.63, 3.8) is 0 Å². The van der Waals surface area contributed by atoms with Crippen LogP contribution in [-0.4, -0.2) is 30.9 Å². The summed E-state index contributed by atoms with van der Waals surface area (Å²) in [6.45, 7) is 3.01. The van der Waals surface area contributed by atoms with E-state index in [0.29, 0.717) is 18.0 Å². The minimum Gasteiger partial charge on any atom is -0.497 e. The fraction of sp³-hybridized carbons (Fsp3) is 0.238. The maximum absolute atomic E-state index is 13.4. The number of rotatable bonds is 4. The second-order valence-electron chi connectivity index (χ2n) is 6.73. The summed E-state index contributed by atoms with van der Waals surface area (Å²) >= 11 is 0. The van der Waals surface area contributed by atoms with Crippen molar-refractivity contribution >= 4 is 10.0 Å². The lowest BCUT2D eigenvalue weighted by molar-refractivity contribution is 0.298. The van der Waals surface area contributed by atoms with Crippen LogP contribution in [0.5, 0.6) is 5.75 Å². The van der Waals surface area contributed by atoms with Gasteiger partial charge in [-0.2, -0.15) is 4.31 Å². The first-order chi connectivity index (χ1) is 13.0. The van der Waals surface area contributed by atoms with E-state index in [1.807, 2.05) is 61.7 Å². The monoisotopic (exact) mass is 382 g/mol. The Morgan fingerprint density at radius 2 is 1.67 bits per heavy atom. The van der Waals surface area contributed by atoms with Crippen molar-refractivity contribution in [3.8, 4) is 5.75 Å². The number of aromatic nitrogens is 1. The van der Waals surface area contributed by atoms with E-state index in [1.165, 1.54) is 0 Å². The number of sulfonamides is 1. The van der Waals surface area contributed by atoms with Crippen molar-refractivity contribution < 1.29 is 13.2 Å². The Morgan fingerprint density at radius 1 is 0.963 bits per heavy atom. The summed E-state index contributed by atoms with van der Waals surface area (Å²) in [5.41, 5.74) is 2.93. The number of aryl methyl sites for hydroxylation is 1. The topological polar surface area (TPSA) is 51.5 Å². The fourth-order valence-corrected chi connectivity index (χ4v) is 5.17. The minimum atomic E-state index is -3.62.